The summed E-state index contributed by atoms with van der Waals surface area (Å²) in [6, 6.07) is 14.6. The van der Waals surface area contributed by atoms with Gasteiger partial charge in [-0.25, -0.2) is 0 Å². The quantitative estimate of drug-likeness (QED) is 0.725. The molecule has 26 heavy (non-hydrogen) atoms. The Labute approximate surface area is 160 Å². The first-order valence-corrected chi connectivity index (χ1v) is 10.0. The number of carbonyl (C=O) groups is 2. The van der Waals surface area contributed by atoms with E-state index in [9.17, 15) is 9.59 Å². The van der Waals surface area contributed by atoms with Gasteiger partial charge >= 0.3 is 0 Å². The van der Waals surface area contributed by atoms with Crippen LogP contribution in [0.2, 0.25) is 0 Å². The summed E-state index contributed by atoms with van der Waals surface area (Å²) in [6.07, 6.45) is 2.77. The van der Waals surface area contributed by atoms with Crippen LogP contribution in [0.3, 0.4) is 0 Å². The molecular formula is C21H26N2O2S. The molecule has 2 aromatic carbocycles. The van der Waals surface area contributed by atoms with Crippen LogP contribution in [0.5, 0.6) is 0 Å². The molecule has 138 valence electrons. The zero-order valence-corrected chi connectivity index (χ0v) is 16.6. The van der Waals surface area contributed by atoms with Crippen molar-refractivity contribution in [3.05, 3.63) is 59.7 Å². The number of benzene rings is 2. The van der Waals surface area contributed by atoms with Gasteiger partial charge in [-0.1, -0.05) is 31.2 Å². The molecule has 0 saturated heterocycles. The van der Waals surface area contributed by atoms with E-state index in [1.54, 1.807) is 23.6 Å². The molecule has 0 bridgehead atoms. The van der Waals surface area contributed by atoms with Crippen molar-refractivity contribution in [3.63, 3.8) is 0 Å². The highest BCUT2D eigenvalue weighted by atomic mass is 32.2. The summed E-state index contributed by atoms with van der Waals surface area (Å²) in [5.41, 5.74) is 2.31. The van der Waals surface area contributed by atoms with Gasteiger partial charge in [0.2, 0.25) is 5.91 Å². The Hall–Kier alpha value is -2.27. The Morgan fingerprint density at radius 2 is 1.85 bits per heavy atom. The monoisotopic (exact) mass is 370 g/mol. The highest BCUT2D eigenvalue weighted by molar-refractivity contribution is 7.98. The van der Waals surface area contributed by atoms with Crippen LogP contribution < -0.4 is 5.32 Å². The van der Waals surface area contributed by atoms with Gasteiger partial charge in [0.1, 0.15) is 6.04 Å². The molecular weight excluding hydrogens is 344 g/mol. The molecule has 2 aromatic rings. The van der Waals surface area contributed by atoms with Crippen LogP contribution in [0.4, 0.5) is 5.69 Å². The van der Waals surface area contributed by atoms with Gasteiger partial charge in [-0.15, -0.1) is 11.8 Å². The summed E-state index contributed by atoms with van der Waals surface area (Å²) in [5, 5.41) is 2.89. The number of carbonyl (C=O) groups excluding carboxylic acids is 2. The number of nitrogens with zero attached hydrogens (tertiary/aromatic N) is 1. The standard InChI is InChI=1S/C21H26N2O2S/c1-5-13-23(16(3)20(24)22-17-9-7-6-8-10-17)21(25)19-14-18(26-4)12-11-15(19)2/h6-12,14,16H,5,13H2,1-4H3,(H,22,24). The van der Waals surface area contributed by atoms with Gasteiger partial charge in [0.05, 0.1) is 0 Å². The fraction of sp³-hybridized carbons (Fsp3) is 0.333. The van der Waals surface area contributed by atoms with Gasteiger partial charge in [-0.05, 0) is 56.4 Å². The molecule has 0 saturated carbocycles. The molecule has 1 unspecified atom stereocenters. The molecule has 2 rings (SSSR count). The number of para-hydroxylation sites is 1. The highest BCUT2D eigenvalue weighted by Gasteiger charge is 2.27. The third kappa shape index (κ3) is 4.88. The summed E-state index contributed by atoms with van der Waals surface area (Å²) in [4.78, 5) is 28.5. The molecule has 0 spiro atoms. The molecule has 1 atom stereocenters. The normalized spacial score (nSPS) is 11.7. The summed E-state index contributed by atoms with van der Waals surface area (Å²) in [5.74, 6) is -0.285. The van der Waals surface area contributed by atoms with E-state index in [4.69, 9.17) is 0 Å². The van der Waals surface area contributed by atoms with E-state index in [0.717, 1.165) is 22.6 Å². The Kier molecular flexibility index (Phi) is 7.27. The maximum atomic E-state index is 13.2. The third-order valence-corrected chi connectivity index (χ3v) is 5.01. The summed E-state index contributed by atoms with van der Waals surface area (Å²) in [6.45, 7) is 6.24. The summed E-state index contributed by atoms with van der Waals surface area (Å²) >= 11 is 1.60. The first kappa shape index (κ1) is 20.0. The smallest absolute Gasteiger partial charge is 0.254 e. The molecule has 0 aliphatic carbocycles. The van der Waals surface area contributed by atoms with E-state index < -0.39 is 6.04 Å². The van der Waals surface area contributed by atoms with E-state index in [1.807, 2.05) is 68.6 Å². The minimum Gasteiger partial charge on any atom is -0.327 e. The molecule has 0 radical (unpaired) electrons. The predicted molar refractivity (Wildman–Crippen MR) is 109 cm³/mol. The van der Waals surface area contributed by atoms with Crippen LogP contribution in [-0.4, -0.2) is 35.6 Å². The number of thioether (sulfide) groups is 1. The molecule has 0 aliphatic heterocycles. The van der Waals surface area contributed by atoms with Crippen molar-refractivity contribution in [2.45, 2.75) is 38.1 Å². The van der Waals surface area contributed by atoms with Gasteiger partial charge in [0, 0.05) is 22.7 Å². The van der Waals surface area contributed by atoms with Gasteiger partial charge < -0.3 is 10.2 Å². The average molecular weight is 371 g/mol. The Morgan fingerprint density at radius 3 is 2.46 bits per heavy atom. The number of amides is 2. The largest absolute Gasteiger partial charge is 0.327 e. The second-order valence-electron chi connectivity index (χ2n) is 6.21. The molecule has 5 heteroatoms. The van der Waals surface area contributed by atoms with Gasteiger partial charge in [0.25, 0.3) is 5.91 Å². The molecule has 0 heterocycles. The van der Waals surface area contributed by atoms with Crippen LogP contribution in [0.1, 0.15) is 36.2 Å². The minimum absolute atomic E-state index is 0.101. The number of nitrogens with one attached hydrogen (secondary N) is 1. The Bertz CT molecular complexity index is 762. The SMILES string of the molecule is CCCN(C(=O)c1cc(SC)ccc1C)C(C)C(=O)Nc1ccccc1. The van der Waals surface area contributed by atoms with Crippen LogP contribution in [0.25, 0.3) is 0 Å². The zero-order chi connectivity index (χ0) is 19.1. The van der Waals surface area contributed by atoms with E-state index in [-0.39, 0.29) is 11.8 Å². The fourth-order valence-electron chi connectivity index (χ4n) is 2.73. The molecule has 2 amide bonds. The van der Waals surface area contributed by atoms with Crippen LogP contribution in [0, 0.1) is 6.92 Å². The van der Waals surface area contributed by atoms with Crippen molar-refractivity contribution in [1.82, 2.24) is 4.90 Å². The lowest BCUT2D eigenvalue weighted by Crippen LogP contribution is -2.46. The second-order valence-corrected chi connectivity index (χ2v) is 7.09. The van der Waals surface area contributed by atoms with Crippen molar-refractivity contribution in [2.24, 2.45) is 0 Å². The number of anilines is 1. The number of hydrogen-bond acceptors (Lipinski definition) is 3. The number of aryl methyl sites for hydroxylation is 1. The molecule has 1 N–H and O–H groups in total. The predicted octanol–water partition coefficient (Wildman–Crippen LogP) is 4.60. The maximum Gasteiger partial charge on any atom is 0.254 e. The Balaban J connectivity index is 2.23. The van der Waals surface area contributed by atoms with Crippen LogP contribution >= 0.6 is 11.8 Å². The van der Waals surface area contributed by atoms with Crippen molar-refractivity contribution < 1.29 is 9.59 Å². The van der Waals surface area contributed by atoms with E-state index in [2.05, 4.69) is 5.32 Å². The van der Waals surface area contributed by atoms with Crippen molar-refractivity contribution in [3.8, 4) is 0 Å². The summed E-state index contributed by atoms with van der Waals surface area (Å²) in [7, 11) is 0. The lowest BCUT2D eigenvalue weighted by Gasteiger charge is -2.29. The zero-order valence-electron chi connectivity index (χ0n) is 15.8. The lowest BCUT2D eigenvalue weighted by molar-refractivity contribution is -0.120. The van der Waals surface area contributed by atoms with Gasteiger partial charge in [-0.3, -0.25) is 9.59 Å². The third-order valence-electron chi connectivity index (χ3n) is 4.29. The number of rotatable bonds is 7. The Morgan fingerprint density at radius 1 is 1.15 bits per heavy atom. The van der Waals surface area contributed by atoms with Crippen LogP contribution in [-0.2, 0) is 4.79 Å². The second kappa shape index (κ2) is 9.43. The molecule has 0 aliphatic rings. The van der Waals surface area contributed by atoms with Crippen LogP contribution in [0.15, 0.2) is 53.4 Å². The average Bonchev–Trinajstić information content (AvgIpc) is 2.66. The minimum atomic E-state index is -0.556. The van der Waals surface area contributed by atoms with Gasteiger partial charge in [-0.2, -0.15) is 0 Å². The first-order valence-electron chi connectivity index (χ1n) is 8.79. The van der Waals surface area contributed by atoms with Crippen molar-refractivity contribution in [1.29, 1.82) is 0 Å². The highest BCUT2D eigenvalue weighted by Crippen LogP contribution is 2.21. The molecule has 4 nitrogen and oxygen atoms in total. The molecule has 0 fully saturated rings. The van der Waals surface area contributed by atoms with E-state index in [0.29, 0.717) is 12.1 Å². The molecule has 0 aromatic heterocycles. The van der Waals surface area contributed by atoms with Crippen molar-refractivity contribution in [2.75, 3.05) is 18.1 Å². The van der Waals surface area contributed by atoms with Crippen molar-refractivity contribution >= 4 is 29.3 Å². The van der Waals surface area contributed by atoms with E-state index >= 15 is 0 Å². The fourth-order valence-corrected chi connectivity index (χ4v) is 3.17. The lowest BCUT2D eigenvalue weighted by atomic mass is 10.1. The number of hydrogen-bond donors (Lipinski definition) is 1. The topological polar surface area (TPSA) is 49.4 Å². The summed E-state index contributed by atoms with van der Waals surface area (Å²) < 4.78 is 0. The van der Waals surface area contributed by atoms with Gasteiger partial charge in [0.15, 0.2) is 0 Å². The maximum absolute atomic E-state index is 13.2. The van der Waals surface area contributed by atoms with E-state index in [1.165, 1.54) is 0 Å². The first-order chi connectivity index (χ1) is 12.5.